The average Bonchev–Trinajstić information content (AvgIpc) is 2.10. The minimum absolute atomic E-state index is 0.0527. The van der Waals surface area contributed by atoms with Crippen molar-refractivity contribution >= 4 is 34.8 Å². The molecule has 1 aromatic rings. The highest BCUT2D eigenvalue weighted by Crippen LogP contribution is 2.21. The van der Waals surface area contributed by atoms with Crippen LogP contribution in [0, 0.1) is 0 Å². The van der Waals surface area contributed by atoms with Gasteiger partial charge in [0.2, 0.25) is 0 Å². The zero-order valence-corrected chi connectivity index (χ0v) is 9.73. The number of halogens is 2. The minimum atomic E-state index is -0.147. The predicted octanol–water partition coefficient (Wildman–Crippen LogP) is 3.08. The number of ketones is 2. The van der Waals surface area contributed by atoms with Gasteiger partial charge in [-0.15, -0.1) is 0 Å². The lowest BCUT2D eigenvalue weighted by molar-refractivity contribution is -0.125. The van der Waals surface area contributed by atoms with E-state index >= 15 is 0 Å². The third-order valence-corrected chi connectivity index (χ3v) is 2.45. The maximum absolute atomic E-state index is 11.4. The summed E-state index contributed by atoms with van der Waals surface area (Å²) in [7, 11) is 0. The van der Waals surface area contributed by atoms with E-state index in [0.717, 1.165) is 0 Å². The summed E-state index contributed by atoms with van der Waals surface area (Å²) < 4.78 is 0. The van der Waals surface area contributed by atoms with Crippen molar-refractivity contribution in [2.75, 3.05) is 0 Å². The van der Waals surface area contributed by atoms with E-state index in [-0.39, 0.29) is 24.4 Å². The standard InChI is InChI=1S/C11H10Cl2O2/c1-7(14)4-10(15)6-8-5-9(12)2-3-11(8)13/h2-3,5H,4,6H2,1H3. The Kier molecular flexibility index (Phi) is 4.30. The monoisotopic (exact) mass is 244 g/mol. The lowest BCUT2D eigenvalue weighted by Gasteiger charge is -2.03. The van der Waals surface area contributed by atoms with Gasteiger partial charge in [-0.05, 0) is 30.7 Å². The van der Waals surface area contributed by atoms with Crippen LogP contribution in [0.1, 0.15) is 18.9 Å². The molecule has 0 heterocycles. The maximum atomic E-state index is 11.4. The van der Waals surface area contributed by atoms with Gasteiger partial charge in [0.25, 0.3) is 0 Å². The van der Waals surface area contributed by atoms with Gasteiger partial charge in [-0.3, -0.25) is 9.59 Å². The molecule has 0 spiro atoms. The van der Waals surface area contributed by atoms with Crippen molar-refractivity contribution in [3.63, 3.8) is 0 Å². The first-order valence-corrected chi connectivity index (χ1v) is 5.19. The lowest BCUT2D eigenvalue weighted by atomic mass is 10.1. The Morgan fingerprint density at radius 2 is 1.93 bits per heavy atom. The summed E-state index contributed by atoms with van der Waals surface area (Å²) in [5.74, 6) is -0.287. The molecule has 0 radical (unpaired) electrons. The van der Waals surface area contributed by atoms with Crippen molar-refractivity contribution in [2.24, 2.45) is 0 Å². The van der Waals surface area contributed by atoms with E-state index < -0.39 is 0 Å². The molecule has 0 unspecified atom stereocenters. The van der Waals surface area contributed by atoms with Crippen LogP contribution in [0.5, 0.6) is 0 Å². The van der Waals surface area contributed by atoms with Gasteiger partial charge in [-0.25, -0.2) is 0 Å². The van der Waals surface area contributed by atoms with Crippen LogP contribution < -0.4 is 0 Å². The lowest BCUT2D eigenvalue weighted by Crippen LogP contribution is -2.07. The van der Waals surface area contributed by atoms with Crippen LogP contribution in [0.3, 0.4) is 0 Å². The number of hydrogen-bond donors (Lipinski definition) is 0. The molecule has 80 valence electrons. The molecule has 0 aliphatic carbocycles. The SMILES string of the molecule is CC(=O)CC(=O)Cc1cc(Cl)ccc1Cl. The first kappa shape index (κ1) is 12.2. The minimum Gasteiger partial charge on any atom is -0.300 e. The first-order chi connectivity index (χ1) is 6.99. The van der Waals surface area contributed by atoms with E-state index in [1.54, 1.807) is 18.2 Å². The Balaban J connectivity index is 2.76. The number of Topliss-reactive ketones (excluding diaryl/α,β-unsaturated/α-hetero) is 2. The van der Waals surface area contributed by atoms with Gasteiger partial charge < -0.3 is 0 Å². The molecule has 0 aromatic heterocycles. The molecule has 0 N–H and O–H groups in total. The van der Waals surface area contributed by atoms with Crippen molar-refractivity contribution in [3.05, 3.63) is 33.8 Å². The third kappa shape index (κ3) is 4.02. The largest absolute Gasteiger partial charge is 0.300 e. The predicted molar refractivity (Wildman–Crippen MR) is 60.5 cm³/mol. The summed E-state index contributed by atoms with van der Waals surface area (Å²) >= 11 is 11.7. The fraction of sp³-hybridized carbons (Fsp3) is 0.273. The summed E-state index contributed by atoms with van der Waals surface area (Å²) in [6.45, 7) is 1.39. The Hall–Kier alpha value is -0.860. The average molecular weight is 245 g/mol. The van der Waals surface area contributed by atoms with Crippen LogP contribution in [0.2, 0.25) is 10.0 Å². The summed E-state index contributed by atoms with van der Waals surface area (Å²) in [5, 5.41) is 1.03. The molecule has 0 saturated heterocycles. The Morgan fingerprint density at radius 1 is 1.27 bits per heavy atom. The van der Waals surface area contributed by atoms with E-state index in [2.05, 4.69) is 0 Å². The van der Waals surface area contributed by atoms with Crippen LogP contribution in [0.15, 0.2) is 18.2 Å². The molecule has 15 heavy (non-hydrogen) atoms. The van der Waals surface area contributed by atoms with Crippen molar-refractivity contribution in [3.8, 4) is 0 Å². The molecule has 0 fully saturated rings. The number of rotatable bonds is 4. The van der Waals surface area contributed by atoms with Gasteiger partial charge >= 0.3 is 0 Å². The molecule has 0 atom stereocenters. The second-order valence-electron chi connectivity index (χ2n) is 3.33. The van der Waals surface area contributed by atoms with E-state index in [4.69, 9.17) is 23.2 Å². The molecule has 4 heteroatoms. The zero-order valence-electron chi connectivity index (χ0n) is 8.22. The van der Waals surface area contributed by atoms with Gasteiger partial charge in [0, 0.05) is 16.5 Å². The normalized spacial score (nSPS) is 10.1. The van der Waals surface area contributed by atoms with Crippen LogP contribution in [-0.4, -0.2) is 11.6 Å². The Morgan fingerprint density at radius 3 is 2.53 bits per heavy atom. The fourth-order valence-corrected chi connectivity index (χ4v) is 1.61. The van der Waals surface area contributed by atoms with Crippen molar-refractivity contribution in [1.29, 1.82) is 0 Å². The van der Waals surface area contributed by atoms with E-state index in [1.165, 1.54) is 6.92 Å². The number of carbonyl (C=O) groups excluding carboxylic acids is 2. The first-order valence-electron chi connectivity index (χ1n) is 4.44. The number of benzene rings is 1. The molecular formula is C11H10Cl2O2. The fourth-order valence-electron chi connectivity index (χ4n) is 1.23. The van der Waals surface area contributed by atoms with Gasteiger partial charge in [0.05, 0.1) is 6.42 Å². The van der Waals surface area contributed by atoms with Crippen molar-refractivity contribution < 1.29 is 9.59 Å². The molecule has 0 amide bonds. The van der Waals surface area contributed by atoms with E-state index in [0.29, 0.717) is 15.6 Å². The molecule has 0 saturated carbocycles. The zero-order chi connectivity index (χ0) is 11.4. The highest BCUT2D eigenvalue weighted by Gasteiger charge is 2.09. The van der Waals surface area contributed by atoms with Crippen molar-refractivity contribution in [2.45, 2.75) is 19.8 Å². The number of hydrogen-bond acceptors (Lipinski definition) is 2. The quantitative estimate of drug-likeness (QED) is 0.764. The molecule has 0 aliphatic rings. The molecule has 1 rings (SSSR count). The van der Waals surface area contributed by atoms with Crippen LogP contribution in [0.25, 0.3) is 0 Å². The summed E-state index contributed by atoms with van der Waals surface area (Å²) in [6, 6.07) is 4.94. The number of carbonyl (C=O) groups is 2. The summed E-state index contributed by atoms with van der Waals surface area (Å²) in [4.78, 5) is 22.1. The van der Waals surface area contributed by atoms with E-state index in [9.17, 15) is 9.59 Å². The van der Waals surface area contributed by atoms with Crippen LogP contribution >= 0.6 is 23.2 Å². The summed E-state index contributed by atoms with van der Waals surface area (Å²) in [5.41, 5.74) is 0.662. The van der Waals surface area contributed by atoms with E-state index in [1.807, 2.05) is 0 Å². The second-order valence-corrected chi connectivity index (χ2v) is 4.17. The molecular weight excluding hydrogens is 235 g/mol. The highest BCUT2D eigenvalue weighted by atomic mass is 35.5. The second kappa shape index (κ2) is 5.29. The maximum Gasteiger partial charge on any atom is 0.144 e. The van der Waals surface area contributed by atoms with Gasteiger partial charge in [-0.1, -0.05) is 23.2 Å². The molecule has 0 aliphatic heterocycles. The van der Waals surface area contributed by atoms with Gasteiger partial charge in [0.15, 0.2) is 0 Å². The Bertz CT molecular complexity index is 400. The Labute approximate surface area is 98.2 Å². The van der Waals surface area contributed by atoms with Crippen LogP contribution in [0.4, 0.5) is 0 Å². The van der Waals surface area contributed by atoms with Gasteiger partial charge in [0.1, 0.15) is 11.6 Å². The molecule has 0 bridgehead atoms. The van der Waals surface area contributed by atoms with Crippen LogP contribution in [-0.2, 0) is 16.0 Å². The van der Waals surface area contributed by atoms with Crippen molar-refractivity contribution in [1.82, 2.24) is 0 Å². The highest BCUT2D eigenvalue weighted by molar-refractivity contribution is 6.33. The smallest absolute Gasteiger partial charge is 0.144 e. The molecule has 1 aromatic carbocycles. The molecule has 2 nitrogen and oxygen atoms in total. The van der Waals surface area contributed by atoms with Gasteiger partial charge in [-0.2, -0.15) is 0 Å². The third-order valence-electron chi connectivity index (χ3n) is 1.84. The summed E-state index contributed by atoms with van der Waals surface area (Å²) in [6.07, 6.45) is 0.0990. The topological polar surface area (TPSA) is 34.1 Å².